The van der Waals surface area contributed by atoms with Crippen molar-refractivity contribution in [2.24, 2.45) is 5.73 Å². The number of carbonyl (C=O) groups is 1. The van der Waals surface area contributed by atoms with E-state index in [0.717, 1.165) is 5.56 Å². The molecule has 0 atom stereocenters. The lowest BCUT2D eigenvalue weighted by molar-refractivity contribution is -0.0222. The highest BCUT2D eigenvalue weighted by Crippen LogP contribution is 2.36. The van der Waals surface area contributed by atoms with Crippen LogP contribution in [0.3, 0.4) is 0 Å². The van der Waals surface area contributed by atoms with Gasteiger partial charge in [0.05, 0.1) is 16.6 Å². The van der Waals surface area contributed by atoms with Crippen LogP contribution in [0.5, 0.6) is 5.75 Å². The van der Waals surface area contributed by atoms with Gasteiger partial charge >= 0.3 is 0 Å². The minimum Gasteiger partial charge on any atom is -0.508 e. The number of hydrogen-bond donors (Lipinski definition) is 3. The molecule has 4 rings (SSSR count). The topological polar surface area (TPSA) is 123 Å². The van der Waals surface area contributed by atoms with Crippen LogP contribution in [-0.4, -0.2) is 44.6 Å². The molecular formula is C20H22F2N6O2. The van der Waals surface area contributed by atoms with Crippen LogP contribution in [0.4, 0.5) is 20.5 Å². The molecule has 158 valence electrons. The van der Waals surface area contributed by atoms with Crippen LogP contribution in [0, 0.1) is 13.8 Å². The van der Waals surface area contributed by atoms with Crippen molar-refractivity contribution in [1.29, 1.82) is 0 Å². The van der Waals surface area contributed by atoms with Crippen molar-refractivity contribution in [3.05, 3.63) is 35.0 Å². The van der Waals surface area contributed by atoms with Gasteiger partial charge in [0, 0.05) is 37.7 Å². The minimum absolute atomic E-state index is 0.0602. The summed E-state index contributed by atoms with van der Waals surface area (Å²) < 4.78 is 28.6. The quantitative estimate of drug-likeness (QED) is 0.603. The third-order valence-corrected chi connectivity index (χ3v) is 5.59. The van der Waals surface area contributed by atoms with Crippen molar-refractivity contribution < 1.29 is 18.7 Å². The Morgan fingerprint density at radius 2 is 1.90 bits per heavy atom. The smallest absolute Gasteiger partial charge is 0.253 e. The van der Waals surface area contributed by atoms with Gasteiger partial charge in [-0.15, -0.1) is 0 Å². The lowest BCUT2D eigenvalue weighted by atomic mass is 10.1. The van der Waals surface area contributed by atoms with E-state index in [1.807, 2.05) is 6.92 Å². The van der Waals surface area contributed by atoms with E-state index < -0.39 is 11.8 Å². The molecule has 0 radical (unpaired) electrons. The highest BCUT2D eigenvalue weighted by molar-refractivity contribution is 6.11. The Morgan fingerprint density at radius 1 is 1.23 bits per heavy atom. The van der Waals surface area contributed by atoms with E-state index in [1.165, 1.54) is 6.20 Å². The number of alkyl halides is 2. The molecule has 1 aliphatic rings. The molecule has 5 N–H and O–H groups in total. The zero-order chi connectivity index (χ0) is 21.8. The number of carbonyl (C=O) groups excluding carboxylic acids is 1. The molecule has 1 aliphatic heterocycles. The molecule has 30 heavy (non-hydrogen) atoms. The normalized spacial score (nSPS) is 16.2. The maximum Gasteiger partial charge on any atom is 0.253 e. The molecule has 0 aliphatic carbocycles. The van der Waals surface area contributed by atoms with Crippen LogP contribution in [0.1, 0.15) is 34.3 Å². The molecule has 0 saturated carbocycles. The Morgan fingerprint density at radius 3 is 2.53 bits per heavy atom. The summed E-state index contributed by atoms with van der Waals surface area (Å²) in [7, 11) is 0. The monoisotopic (exact) mass is 416 g/mol. The summed E-state index contributed by atoms with van der Waals surface area (Å²) in [6.45, 7) is 3.79. The molecule has 8 nitrogen and oxygen atoms in total. The average molecular weight is 416 g/mol. The predicted molar refractivity (Wildman–Crippen MR) is 109 cm³/mol. The highest BCUT2D eigenvalue weighted by Gasteiger charge is 2.35. The number of rotatable bonds is 3. The molecule has 1 amide bonds. The zero-order valence-electron chi connectivity index (χ0n) is 16.6. The Balaban J connectivity index is 1.95. The number of primary amides is 1. The van der Waals surface area contributed by atoms with Crippen molar-refractivity contribution in [2.45, 2.75) is 32.6 Å². The second-order valence-electron chi connectivity index (χ2n) is 7.59. The standard InChI is InChI=1S/C20H22F2N6O2/c1-10-3-4-13(29)11(2)15(10)28-16(23)14(17(24)30)12-9-25-19(26-18(12)28)27-7-5-20(21,22)6-8-27/h3-4,9,29H,5-8,23H2,1-2H3,(H2,24,30). The van der Waals surface area contributed by atoms with E-state index in [0.29, 0.717) is 22.3 Å². The first-order chi connectivity index (χ1) is 14.1. The van der Waals surface area contributed by atoms with Crippen molar-refractivity contribution >= 4 is 28.7 Å². The van der Waals surface area contributed by atoms with Gasteiger partial charge in [0.1, 0.15) is 11.6 Å². The van der Waals surface area contributed by atoms with Crippen LogP contribution in [-0.2, 0) is 0 Å². The first-order valence-electron chi connectivity index (χ1n) is 9.50. The largest absolute Gasteiger partial charge is 0.508 e. The average Bonchev–Trinajstić information content (AvgIpc) is 2.97. The van der Waals surface area contributed by atoms with Crippen LogP contribution in [0.15, 0.2) is 18.3 Å². The number of phenolic OH excluding ortho intramolecular Hbond substituents is 1. The zero-order valence-corrected chi connectivity index (χ0v) is 16.6. The van der Waals surface area contributed by atoms with E-state index in [1.54, 1.807) is 28.5 Å². The van der Waals surface area contributed by atoms with Crippen LogP contribution in [0.25, 0.3) is 16.7 Å². The van der Waals surface area contributed by atoms with Gasteiger partial charge < -0.3 is 21.5 Å². The fourth-order valence-electron chi connectivity index (χ4n) is 3.92. The first kappa shape index (κ1) is 19.9. The summed E-state index contributed by atoms with van der Waals surface area (Å²) in [6, 6.07) is 3.29. The van der Waals surface area contributed by atoms with Crippen molar-refractivity contribution in [1.82, 2.24) is 14.5 Å². The summed E-state index contributed by atoms with van der Waals surface area (Å²) in [4.78, 5) is 22.6. The van der Waals surface area contributed by atoms with Gasteiger partial charge in [-0.2, -0.15) is 4.98 Å². The van der Waals surface area contributed by atoms with Crippen LogP contribution >= 0.6 is 0 Å². The second kappa shape index (κ2) is 6.82. The summed E-state index contributed by atoms with van der Waals surface area (Å²) in [5, 5.41) is 10.6. The third-order valence-electron chi connectivity index (χ3n) is 5.59. The predicted octanol–water partition coefficient (Wildman–Crippen LogP) is 2.66. The number of benzene rings is 1. The maximum atomic E-state index is 13.5. The number of fused-ring (bicyclic) bond motifs is 1. The van der Waals surface area contributed by atoms with Gasteiger partial charge in [0.2, 0.25) is 5.95 Å². The van der Waals surface area contributed by atoms with E-state index in [4.69, 9.17) is 11.5 Å². The van der Waals surface area contributed by atoms with E-state index in [-0.39, 0.29) is 49.0 Å². The number of aromatic hydroxyl groups is 1. The Labute approximate surface area is 171 Å². The summed E-state index contributed by atoms with van der Waals surface area (Å²) in [5.41, 5.74) is 14.2. The number of piperidine rings is 1. The summed E-state index contributed by atoms with van der Waals surface area (Å²) >= 11 is 0. The number of nitrogen functional groups attached to an aromatic ring is 1. The first-order valence-corrected chi connectivity index (χ1v) is 9.50. The highest BCUT2D eigenvalue weighted by atomic mass is 19.3. The number of phenols is 1. The number of hydrogen-bond acceptors (Lipinski definition) is 6. The fraction of sp³-hybridized carbons (Fsp3) is 0.350. The molecule has 0 unspecified atom stereocenters. The number of nitrogens with two attached hydrogens (primary N) is 2. The van der Waals surface area contributed by atoms with Gasteiger partial charge in [-0.05, 0) is 25.5 Å². The number of aryl methyl sites for hydroxylation is 1. The third kappa shape index (κ3) is 3.08. The molecule has 1 fully saturated rings. The van der Waals surface area contributed by atoms with Crippen molar-refractivity contribution in [3.8, 4) is 11.4 Å². The Kier molecular flexibility index (Phi) is 4.52. The van der Waals surface area contributed by atoms with Crippen LogP contribution < -0.4 is 16.4 Å². The van der Waals surface area contributed by atoms with Gasteiger partial charge in [-0.1, -0.05) is 6.07 Å². The minimum atomic E-state index is -2.69. The lowest BCUT2D eigenvalue weighted by Gasteiger charge is -2.31. The molecule has 1 aromatic carbocycles. The number of halogens is 2. The molecular weight excluding hydrogens is 394 g/mol. The lowest BCUT2D eigenvalue weighted by Crippen LogP contribution is -2.40. The van der Waals surface area contributed by atoms with Crippen LogP contribution in [0.2, 0.25) is 0 Å². The number of nitrogens with zero attached hydrogens (tertiary/aromatic N) is 4. The molecule has 0 spiro atoms. The Bertz CT molecular complexity index is 1160. The van der Waals surface area contributed by atoms with E-state index >= 15 is 0 Å². The van der Waals surface area contributed by atoms with Gasteiger partial charge in [-0.25, -0.2) is 13.8 Å². The molecule has 1 saturated heterocycles. The summed E-state index contributed by atoms with van der Waals surface area (Å²) in [6.07, 6.45) is 0.870. The SMILES string of the molecule is Cc1ccc(O)c(C)c1-n1c(N)c(C(N)=O)c2cnc(N3CCC(F)(F)CC3)nc21. The molecule has 3 aromatic rings. The molecule has 3 heterocycles. The summed E-state index contributed by atoms with van der Waals surface area (Å²) in [5.74, 6) is -3.03. The van der Waals surface area contributed by atoms with Crippen molar-refractivity contribution in [3.63, 3.8) is 0 Å². The van der Waals surface area contributed by atoms with E-state index in [9.17, 15) is 18.7 Å². The number of amides is 1. The number of anilines is 2. The maximum absolute atomic E-state index is 13.5. The second-order valence-corrected chi connectivity index (χ2v) is 7.59. The molecule has 0 bridgehead atoms. The van der Waals surface area contributed by atoms with E-state index in [2.05, 4.69) is 9.97 Å². The van der Waals surface area contributed by atoms with Gasteiger partial charge in [0.15, 0.2) is 5.65 Å². The number of aromatic nitrogens is 3. The van der Waals surface area contributed by atoms with Gasteiger partial charge in [-0.3, -0.25) is 9.36 Å². The van der Waals surface area contributed by atoms with Gasteiger partial charge in [0.25, 0.3) is 11.8 Å². The molecule has 10 heteroatoms. The molecule has 2 aromatic heterocycles. The van der Waals surface area contributed by atoms with Crippen molar-refractivity contribution in [2.75, 3.05) is 23.7 Å². The Hall–Kier alpha value is -3.43. The fourth-order valence-corrected chi connectivity index (χ4v) is 3.92.